The van der Waals surface area contributed by atoms with Crippen molar-refractivity contribution in [1.82, 2.24) is 4.98 Å². The van der Waals surface area contributed by atoms with Crippen LogP contribution in [0.2, 0.25) is 5.02 Å². The number of halogens is 3. The molecule has 7 heteroatoms. The number of hydrogen-bond acceptors (Lipinski definition) is 3. The minimum absolute atomic E-state index is 0.188. The Hall–Kier alpha value is -0.810. The van der Waals surface area contributed by atoms with Gasteiger partial charge in [-0.1, -0.05) is 23.7 Å². The summed E-state index contributed by atoms with van der Waals surface area (Å²) >= 11 is 18.9. The van der Waals surface area contributed by atoms with E-state index in [0.717, 1.165) is 11.3 Å². The second-order valence-corrected chi connectivity index (χ2v) is 7.39. The summed E-state index contributed by atoms with van der Waals surface area (Å²) in [5.74, 6) is -0.541. The van der Waals surface area contributed by atoms with Crippen molar-refractivity contribution in [2.45, 2.75) is 10.8 Å². The number of alkyl halides is 2. The summed E-state index contributed by atoms with van der Waals surface area (Å²) in [6.45, 7) is 0. The third-order valence-electron chi connectivity index (χ3n) is 3.02. The van der Waals surface area contributed by atoms with E-state index in [-0.39, 0.29) is 11.8 Å². The van der Waals surface area contributed by atoms with Gasteiger partial charge in [-0.25, -0.2) is 4.98 Å². The first-order chi connectivity index (χ1) is 9.45. The fourth-order valence-electron chi connectivity index (χ4n) is 1.77. The van der Waals surface area contributed by atoms with Gasteiger partial charge in [0.25, 0.3) is 0 Å². The molecular weight excluding hydrogens is 339 g/mol. The molecule has 0 bridgehead atoms. The van der Waals surface area contributed by atoms with Gasteiger partial charge < -0.3 is 5.32 Å². The van der Waals surface area contributed by atoms with E-state index in [0.29, 0.717) is 16.6 Å². The lowest BCUT2D eigenvalue weighted by Gasteiger charge is -2.01. The molecule has 1 aromatic carbocycles. The molecule has 1 unspecified atom stereocenters. The highest BCUT2D eigenvalue weighted by Gasteiger charge is 2.56. The number of amides is 1. The van der Waals surface area contributed by atoms with Gasteiger partial charge in [0.2, 0.25) is 5.91 Å². The molecule has 1 fully saturated rings. The van der Waals surface area contributed by atoms with Crippen LogP contribution in [0.25, 0.3) is 11.3 Å². The first-order valence-corrected chi connectivity index (χ1v) is 7.87. The van der Waals surface area contributed by atoms with E-state index in [1.165, 1.54) is 11.3 Å². The molecule has 0 radical (unpaired) electrons. The van der Waals surface area contributed by atoms with Crippen LogP contribution in [-0.4, -0.2) is 15.2 Å². The molecule has 1 atom stereocenters. The standard InChI is InChI=1S/C13H9Cl3N2OS/c14-8-3-1-7(2-4-8)10-6-20-12(17-10)18-11(19)9-5-13(9,15)16/h1-4,6,9H,5H2,(H,17,18,19). The predicted molar refractivity (Wildman–Crippen MR) is 83.7 cm³/mol. The number of anilines is 1. The van der Waals surface area contributed by atoms with Crippen molar-refractivity contribution in [1.29, 1.82) is 0 Å². The number of rotatable bonds is 3. The normalized spacial score (nSPS) is 19.6. The van der Waals surface area contributed by atoms with Crippen molar-refractivity contribution in [3.8, 4) is 11.3 Å². The maximum absolute atomic E-state index is 11.8. The molecule has 1 aliphatic carbocycles. The van der Waals surface area contributed by atoms with Gasteiger partial charge in [0.1, 0.15) is 4.33 Å². The van der Waals surface area contributed by atoms with Gasteiger partial charge in [0, 0.05) is 16.0 Å². The number of aromatic nitrogens is 1. The molecule has 20 heavy (non-hydrogen) atoms. The number of nitrogens with one attached hydrogen (secondary N) is 1. The Kier molecular flexibility index (Phi) is 3.67. The molecule has 1 saturated carbocycles. The molecule has 0 saturated heterocycles. The lowest BCUT2D eigenvalue weighted by Crippen LogP contribution is -2.16. The van der Waals surface area contributed by atoms with Crippen LogP contribution in [0.3, 0.4) is 0 Å². The van der Waals surface area contributed by atoms with Gasteiger partial charge in [0.05, 0.1) is 11.6 Å². The Morgan fingerprint density at radius 1 is 1.35 bits per heavy atom. The number of carbonyl (C=O) groups is 1. The molecule has 1 amide bonds. The summed E-state index contributed by atoms with van der Waals surface area (Å²) in [4.78, 5) is 16.2. The molecule has 1 aromatic heterocycles. The predicted octanol–water partition coefficient (Wildman–Crippen LogP) is 4.60. The summed E-state index contributed by atoms with van der Waals surface area (Å²) in [5.41, 5.74) is 1.74. The first kappa shape index (κ1) is 14.1. The van der Waals surface area contributed by atoms with Gasteiger partial charge in [0.15, 0.2) is 5.13 Å². The van der Waals surface area contributed by atoms with E-state index in [4.69, 9.17) is 34.8 Å². The maximum atomic E-state index is 11.8. The lowest BCUT2D eigenvalue weighted by molar-refractivity contribution is -0.117. The Bertz CT molecular complexity index is 654. The fourth-order valence-corrected chi connectivity index (χ4v) is 3.13. The van der Waals surface area contributed by atoms with Crippen LogP contribution in [0.5, 0.6) is 0 Å². The number of hydrogen-bond donors (Lipinski definition) is 1. The van der Waals surface area contributed by atoms with Crippen LogP contribution in [0.1, 0.15) is 6.42 Å². The van der Waals surface area contributed by atoms with Crippen LogP contribution in [0, 0.1) is 5.92 Å². The third kappa shape index (κ3) is 2.93. The molecule has 1 N–H and O–H groups in total. The Morgan fingerprint density at radius 2 is 2.00 bits per heavy atom. The van der Waals surface area contributed by atoms with E-state index >= 15 is 0 Å². The maximum Gasteiger partial charge on any atom is 0.232 e. The monoisotopic (exact) mass is 346 g/mol. The summed E-state index contributed by atoms with van der Waals surface area (Å²) in [6.07, 6.45) is 0.483. The van der Waals surface area contributed by atoms with Gasteiger partial charge in [-0.3, -0.25) is 4.79 Å². The Balaban J connectivity index is 1.71. The summed E-state index contributed by atoms with van der Waals surface area (Å²) < 4.78 is -0.916. The minimum atomic E-state index is -0.916. The molecule has 104 valence electrons. The zero-order valence-corrected chi connectivity index (χ0v) is 13.2. The zero-order valence-electron chi connectivity index (χ0n) is 10.1. The number of thiazole rings is 1. The average molecular weight is 348 g/mol. The number of nitrogens with zero attached hydrogens (tertiary/aromatic N) is 1. The zero-order chi connectivity index (χ0) is 14.3. The van der Waals surface area contributed by atoms with Crippen LogP contribution < -0.4 is 5.32 Å². The van der Waals surface area contributed by atoms with Gasteiger partial charge >= 0.3 is 0 Å². The van der Waals surface area contributed by atoms with E-state index in [1.54, 1.807) is 12.1 Å². The third-order valence-corrected chi connectivity index (χ3v) is 4.86. The van der Waals surface area contributed by atoms with Crippen molar-refractivity contribution < 1.29 is 4.79 Å². The quantitative estimate of drug-likeness (QED) is 0.825. The highest BCUT2D eigenvalue weighted by Crippen LogP contribution is 2.53. The Labute approximate surface area is 134 Å². The van der Waals surface area contributed by atoms with E-state index in [9.17, 15) is 4.79 Å². The van der Waals surface area contributed by atoms with E-state index in [2.05, 4.69) is 10.3 Å². The number of benzene rings is 1. The highest BCUT2D eigenvalue weighted by molar-refractivity contribution is 7.14. The summed E-state index contributed by atoms with van der Waals surface area (Å²) in [7, 11) is 0. The van der Waals surface area contributed by atoms with Crippen molar-refractivity contribution in [3.05, 3.63) is 34.7 Å². The molecule has 3 nitrogen and oxygen atoms in total. The van der Waals surface area contributed by atoms with Gasteiger partial charge in [-0.15, -0.1) is 34.5 Å². The minimum Gasteiger partial charge on any atom is -0.302 e. The van der Waals surface area contributed by atoms with Crippen molar-refractivity contribution in [2.75, 3.05) is 5.32 Å². The van der Waals surface area contributed by atoms with E-state index < -0.39 is 4.33 Å². The molecule has 1 aliphatic rings. The van der Waals surface area contributed by atoms with Gasteiger partial charge in [-0.2, -0.15) is 0 Å². The molecule has 0 spiro atoms. The summed E-state index contributed by atoms with van der Waals surface area (Å²) in [5, 5.41) is 5.82. The second-order valence-electron chi connectivity index (χ2n) is 4.55. The van der Waals surface area contributed by atoms with Crippen molar-refractivity contribution in [2.24, 2.45) is 5.92 Å². The molecule has 2 aromatic rings. The smallest absolute Gasteiger partial charge is 0.232 e. The van der Waals surface area contributed by atoms with Crippen LogP contribution >= 0.6 is 46.1 Å². The second kappa shape index (κ2) is 5.19. The van der Waals surface area contributed by atoms with Crippen LogP contribution in [0.4, 0.5) is 5.13 Å². The van der Waals surface area contributed by atoms with Gasteiger partial charge in [-0.05, 0) is 18.6 Å². The van der Waals surface area contributed by atoms with Crippen molar-refractivity contribution >= 4 is 57.2 Å². The summed E-state index contributed by atoms with van der Waals surface area (Å²) in [6, 6.07) is 7.36. The topological polar surface area (TPSA) is 42.0 Å². The number of carbonyl (C=O) groups excluding carboxylic acids is 1. The van der Waals surface area contributed by atoms with E-state index in [1.807, 2.05) is 17.5 Å². The molecular formula is C13H9Cl3N2OS. The SMILES string of the molecule is O=C(Nc1nc(-c2ccc(Cl)cc2)cs1)C1CC1(Cl)Cl. The average Bonchev–Trinajstić information content (AvgIpc) is 2.83. The van der Waals surface area contributed by atoms with Crippen LogP contribution in [0.15, 0.2) is 29.6 Å². The molecule has 3 rings (SSSR count). The first-order valence-electron chi connectivity index (χ1n) is 5.86. The fraction of sp³-hybridized carbons (Fsp3) is 0.231. The molecule has 0 aliphatic heterocycles. The van der Waals surface area contributed by atoms with Crippen LogP contribution in [-0.2, 0) is 4.79 Å². The van der Waals surface area contributed by atoms with Crippen molar-refractivity contribution in [3.63, 3.8) is 0 Å². The highest BCUT2D eigenvalue weighted by atomic mass is 35.5. The molecule has 1 heterocycles. The largest absolute Gasteiger partial charge is 0.302 e. The Morgan fingerprint density at radius 3 is 2.60 bits per heavy atom. The lowest BCUT2D eigenvalue weighted by atomic mass is 10.2.